The minimum Gasteiger partial charge on any atom is -0.451 e. The number of aromatic nitrogens is 1. The summed E-state index contributed by atoms with van der Waals surface area (Å²) in [4.78, 5) is 26.9. The fourth-order valence-electron chi connectivity index (χ4n) is 4.07. The average molecular weight is 434 g/mol. The van der Waals surface area contributed by atoms with Crippen LogP contribution in [0.2, 0.25) is 0 Å². The Bertz CT molecular complexity index is 1070. The molecule has 0 bridgehead atoms. The topological polar surface area (TPSA) is 75.3 Å². The largest absolute Gasteiger partial charge is 0.451 e. The van der Waals surface area contributed by atoms with E-state index in [2.05, 4.69) is 18.4 Å². The van der Waals surface area contributed by atoms with Crippen LogP contribution in [0.25, 0.3) is 6.08 Å². The molecular weight excluding hydrogens is 402 g/mol. The lowest BCUT2D eigenvalue weighted by atomic mass is 10.0. The molecule has 0 atom stereocenters. The number of carbonyl (C=O) groups excluding carboxylic acids is 2. The van der Waals surface area contributed by atoms with Crippen molar-refractivity contribution in [2.45, 2.75) is 53.5 Å². The van der Waals surface area contributed by atoms with Crippen molar-refractivity contribution in [3.05, 3.63) is 58.4 Å². The number of nitrogens with zero attached hydrogens (tertiary/aromatic N) is 3. The first-order chi connectivity index (χ1) is 15.3. The first-order valence-corrected chi connectivity index (χ1v) is 11.2. The molecule has 2 aromatic rings. The zero-order valence-corrected chi connectivity index (χ0v) is 19.4. The van der Waals surface area contributed by atoms with Gasteiger partial charge in [0.1, 0.15) is 11.6 Å². The minimum absolute atomic E-state index is 0.110. The second kappa shape index (κ2) is 10.3. The lowest BCUT2D eigenvalue weighted by molar-refractivity contribution is -0.143. The Labute approximate surface area is 190 Å². The number of carbonyl (C=O) groups is 2. The van der Waals surface area contributed by atoms with E-state index in [1.165, 1.54) is 0 Å². The van der Waals surface area contributed by atoms with Crippen molar-refractivity contribution in [1.29, 1.82) is 5.26 Å². The number of amides is 1. The highest BCUT2D eigenvalue weighted by atomic mass is 16.5. The van der Waals surface area contributed by atoms with Gasteiger partial charge in [-0.3, -0.25) is 4.79 Å². The monoisotopic (exact) mass is 433 g/mol. The van der Waals surface area contributed by atoms with E-state index in [1.807, 2.05) is 50.2 Å². The summed E-state index contributed by atoms with van der Waals surface area (Å²) in [6, 6.07) is 11.7. The maximum atomic E-state index is 12.7. The maximum absolute atomic E-state index is 12.7. The van der Waals surface area contributed by atoms with Gasteiger partial charge in [0.2, 0.25) is 0 Å². The van der Waals surface area contributed by atoms with Gasteiger partial charge < -0.3 is 14.2 Å². The number of esters is 1. The fourth-order valence-corrected chi connectivity index (χ4v) is 4.07. The molecule has 168 valence electrons. The van der Waals surface area contributed by atoms with Crippen LogP contribution in [-0.4, -0.2) is 29.6 Å². The van der Waals surface area contributed by atoms with E-state index in [9.17, 15) is 14.9 Å². The summed E-state index contributed by atoms with van der Waals surface area (Å²) in [6.45, 7) is 9.46. The van der Waals surface area contributed by atoms with Crippen molar-refractivity contribution in [2.24, 2.45) is 5.92 Å². The van der Waals surface area contributed by atoms with Gasteiger partial charge in [-0.1, -0.05) is 32.0 Å². The van der Waals surface area contributed by atoms with Gasteiger partial charge in [-0.25, -0.2) is 4.79 Å². The van der Waals surface area contributed by atoms with E-state index in [0.29, 0.717) is 12.5 Å². The SMILES string of the molecule is Cc1cc(/C=C(\C#N)C(=O)OCC(=O)N2CCCc3ccccc32)c(C)n1CCC(C)C. The summed E-state index contributed by atoms with van der Waals surface area (Å²) in [5.41, 5.74) is 4.77. The van der Waals surface area contributed by atoms with Gasteiger partial charge in [0, 0.05) is 30.2 Å². The summed E-state index contributed by atoms with van der Waals surface area (Å²) in [7, 11) is 0. The summed E-state index contributed by atoms with van der Waals surface area (Å²) in [5.74, 6) is -0.475. The molecule has 0 radical (unpaired) electrons. The van der Waals surface area contributed by atoms with E-state index in [1.54, 1.807) is 11.0 Å². The molecular formula is C26H31N3O3. The number of aryl methyl sites for hydroxylation is 2. The normalized spacial score (nSPS) is 13.6. The molecule has 1 aromatic heterocycles. The molecule has 32 heavy (non-hydrogen) atoms. The van der Waals surface area contributed by atoms with Crippen molar-refractivity contribution in [3.8, 4) is 6.07 Å². The van der Waals surface area contributed by atoms with Gasteiger partial charge >= 0.3 is 5.97 Å². The van der Waals surface area contributed by atoms with Gasteiger partial charge in [-0.2, -0.15) is 5.26 Å². The Hall–Kier alpha value is -3.33. The van der Waals surface area contributed by atoms with Crippen LogP contribution in [0, 0.1) is 31.1 Å². The standard InChI is InChI=1S/C26H31N3O3/c1-18(2)11-13-28-19(3)14-22(20(28)4)15-23(16-27)26(31)32-17-25(30)29-12-7-9-21-8-5-6-10-24(21)29/h5-6,8,10,14-15,18H,7,9,11-13,17H2,1-4H3/b23-15+. The van der Waals surface area contributed by atoms with Crippen LogP contribution in [0.4, 0.5) is 5.69 Å². The lowest BCUT2D eigenvalue weighted by Crippen LogP contribution is -2.38. The third kappa shape index (κ3) is 5.28. The van der Waals surface area contributed by atoms with Crippen LogP contribution in [0.5, 0.6) is 0 Å². The second-order valence-electron chi connectivity index (χ2n) is 8.68. The summed E-state index contributed by atoms with van der Waals surface area (Å²) < 4.78 is 7.42. The average Bonchev–Trinajstić information content (AvgIpc) is 3.05. The highest BCUT2D eigenvalue weighted by molar-refractivity contribution is 6.01. The van der Waals surface area contributed by atoms with E-state index >= 15 is 0 Å². The van der Waals surface area contributed by atoms with Crippen molar-refractivity contribution < 1.29 is 14.3 Å². The van der Waals surface area contributed by atoms with Gasteiger partial charge in [0.15, 0.2) is 6.61 Å². The number of para-hydroxylation sites is 1. The number of hydrogen-bond acceptors (Lipinski definition) is 4. The number of hydrogen-bond donors (Lipinski definition) is 0. The minimum atomic E-state index is -0.780. The summed E-state index contributed by atoms with van der Waals surface area (Å²) in [5, 5.41) is 9.52. The Kier molecular flexibility index (Phi) is 7.53. The molecule has 0 unspecified atom stereocenters. The zero-order chi connectivity index (χ0) is 23.3. The van der Waals surface area contributed by atoms with Crippen molar-refractivity contribution in [1.82, 2.24) is 4.57 Å². The first-order valence-electron chi connectivity index (χ1n) is 11.2. The van der Waals surface area contributed by atoms with Gasteiger partial charge in [0.05, 0.1) is 0 Å². The smallest absolute Gasteiger partial charge is 0.349 e. The fraction of sp³-hybridized carbons (Fsp3) is 0.423. The van der Waals surface area contributed by atoms with Crippen molar-refractivity contribution in [2.75, 3.05) is 18.1 Å². The summed E-state index contributed by atoms with van der Waals surface area (Å²) in [6.07, 6.45) is 4.40. The van der Waals surface area contributed by atoms with E-state index in [0.717, 1.165) is 54.0 Å². The van der Waals surface area contributed by atoms with Crippen LogP contribution in [0.1, 0.15) is 49.2 Å². The van der Waals surface area contributed by atoms with Gasteiger partial charge in [-0.15, -0.1) is 0 Å². The molecule has 1 aliphatic rings. The number of ether oxygens (including phenoxy) is 1. The predicted molar refractivity (Wildman–Crippen MR) is 125 cm³/mol. The third-order valence-corrected chi connectivity index (χ3v) is 5.92. The number of fused-ring (bicyclic) bond motifs is 1. The molecule has 0 saturated carbocycles. The Morgan fingerprint density at radius 3 is 2.72 bits per heavy atom. The van der Waals surface area contributed by atoms with Gasteiger partial charge in [0.25, 0.3) is 5.91 Å². The Morgan fingerprint density at radius 2 is 2.00 bits per heavy atom. The van der Waals surface area contributed by atoms with Gasteiger partial charge in [-0.05, 0) is 68.4 Å². The second-order valence-corrected chi connectivity index (χ2v) is 8.68. The highest BCUT2D eigenvalue weighted by Gasteiger charge is 2.24. The Morgan fingerprint density at radius 1 is 1.25 bits per heavy atom. The van der Waals surface area contributed by atoms with Crippen molar-refractivity contribution in [3.63, 3.8) is 0 Å². The van der Waals surface area contributed by atoms with E-state index in [4.69, 9.17) is 4.74 Å². The molecule has 0 N–H and O–H groups in total. The predicted octanol–water partition coefficient (Wildman–Crippen LogP) is 4.58. The Balaban J connectivity index is 1.68. The van der Waals surface area contributed by atoms with Crippen LogP contribution < -0.4 is 4.90 Å². The number of rotatable bonds is 7. The molecule has 6 nitrogen and oxygen atoms in total. The van der Waals surface area contributed by atoms with Crippen LogP contribution in [0.15, 0.2) is 35.9 Å². The van der Waals surface area contributed by atoms with Crippen LogP contribution in [0.3, 0.4) is 0 Å². The highest BCUT2D eigenvalue weighted by Crippen LogP contribution is 2.27. The number of benzene rings is 1. The third-order valence-electron chi connectivity index (χ3n) is 5.92. The van der Waals surface area contributed by atoms with Crippen LogP contribution in [-0.2, 0) is 27.3 Å². The molecule has 3 rings (SSSR count). The molecule has 0 spiro atoms. The quantitative estimate of drug-likeness (QED) is 0.364. The van der Waals surface area contributed by atoms with E-state index < -0.39 is 5.97 Å². The molecule has 2 heterocycles. The van der Waals surface area contributed by atoms with Crippen molar-refractivity contribution >= 4 is 23.6 Å². The number of nitriles is 1. The number of anilines is 1. The van der Waals surface area contributed by atoms with Crippen LogP contribution >= 0.6 is 0 Å². The molecule has 1 aliphatic heterocycles. The molecule has 1 aromatic carbocycles. The lowest BCUT2D eigenvalue weighted by Gasteiger charge is -2.29. The van der Waals surface area contributed by atoms with E-state index in [-0.39, 0.29) is 18.1 Å². The molecule has 6 heteroatoms. The molecule has 1 amide bonds. The molecule has 0 aliphatic carbocycles. The molecule has 0 saturated heterocycles. The zero-order valence-electron chi connectivity index (χ0n) is 19.4. The maximum Gasteiger partial charge on any atom is 0.349 e. The molecule has 0 fully saturated rings. The first kappa shape index (κ1) is 23.3. The summed E-state index contributed by atoms with van der Waals surface area (Å²) >= 11 is 0.